The van der Waals surface area contributed by atoms with Gasteiger partial charge in [0.1, 0.15) is 0 Å². The van der Waals surface area contributed by atoms with Crippen molar-refractivity contribution in [2.45, 2.75) is 39.5 Å². The van der Waals surface area contributed by atoms with Crippen LogP contribution in [0.3, 0.4) is 0 Å². The van der Waals surface area contributed by atoms with E-state index in [1.54, 1.807) is 0 Å². The van der Waals surface area contributed by atoms with Gasteiger partial charge < -0.3 is 0 Å². The molecule has 0 fully saturated rings. The van der Waals surface area contributed by atoms with E-state index in [0.29, 0.717) is 0 Å². The van der Waals surface area contributed by atoms with Gasteiger partial charge in [0.15, 0.2) is 0 Å². The molecule has 0 spiro atoms. The molecule has 0 heterocycles. The molecule has 0 amide bonds. The van der Waals surface area contributed by atoms with Crippen LogP contribution in [0.5, 0.6) is 0 Å². The Hall–Kier alpha value is -0.520. The second kappa shape index (κ2) is 11.3. The summed E-state index contributed by atoms with van der Waals surface area (Å²) in [5, 5.41) is 0. The SMILES string of the molecule is C.C=CCCCCCC=C. The third kappa shape index (κ3) is 10.5. The van der Waals surface area contributed by atoms with Gasteiger partial charge in [-0.3, -0.25) is 0 Å². The highest BCUT2D eigenvalue weighted by atomic mass is 13.9. The molecule has 0 radical (unpaired) electrons. The van der Waals surface area contributed by atoms with Gasteiger partial charge in [-0.15, -0.1) is 13.2 Å². The number of allylic oxidation sites excluding steroid dienone is 2. The number of hydrogen-bond acceptors (Lipinski definition) is 0. The topological polar surface area (TPSA) is 0 Å². The molecule has 0 aromatic rings. The molecule has 0 nitrogen and oxygen atoms in total. The lowest BCUT2D eigenvalue weighted by Gasteiger charge is -1.92. The van der Waals surface area contributed by atoms with Gasteiger partial charge in [0.05, 0.1) is 0 Å². The first kappa shape index (κ1) is 12.2. The second-order valence-corrected chi connectivity index (χ2v) is 2.22. The fourth-order valence-corrected chi connectivity index (χ4v) is 0.754. The summed E-state index contributed by atoms with van der Waals surface area (Å²) in [6.45, 7) is 7.32. The zero-order chi connectivity index (χ0) is 6.95. The van der Waals surface area contributed by atoms with Crippen molar-refractivity contribution in [1.82, 2.24) is 0 Å². The highest BCUT2D eigenvalue weighted by Gasteiger charge is 1.82. The normalized spacial score (nSPS) is 8.00. The molecular formula is C10H20. The highest BCUT2D eigenvalue weighted by Crippen LogP contribution is 2.02. The van der Waals surface area contributed by atoms with Crippen molar-refractivity contribution in [2.24, 2.45) is 0 Å². The standard InChI is InChI=1S/C9H16.CH4/c1-3-5-7-9-8-6-4-2;/h3-4H,1-2,5-9H2;1H4. The molecule has 0 aromatic heterocycles. The smallest absolute Gasteiger partial charge is 0.0353 e. The molecule has 0 aliphatic rings. The fraction of sp³-hybridized carbons (Fsp3) is 0.600. The van der Waals surface area contributed by atoms with Crippen LogP contribution in [0, 0.1) is 0 Å². The third-order valence-electron chi connectivity index (χ3n) is 1.32. The van der Waals surface area contributed by atoms with Crippen LogP contribution >= 0.6 is 0 Å². The molecule has 0 rings (SSSR count). The zero-order valence-electron chi connectivity index (χ0n) is 6.10. The van der Waals surface area contributed by atoms with Crippen molar-refractivity contribution in [3.05, 3.63) is 25.3 Å². The Kier molecular flexibility index (Phi) is 13.8. The molecule has 0 unspecified atom stereocenters. The van der Waals surface area contributed by atoms with E-state index in [0.717, 1.165) is 12.8 Å². The molecule has 0 saturated heterocycles. The molecule has 0 aliphatic carbocycles. The molecule has 0 atom stereocenters. The third-order valence-corrected chi connectivity index (χ3v) is 1.32. The molecule has 0 N–H and O–H groups in total. The quantitative estimate of drug-likeness (QED) is 0.387. The minimum atomic E-state index is 0. The fourth-order valence-electron chi connectivity index (χ4n) is 0.754. The summed E-state index contributed by atoms with van der Waals surface area (Å²) >= 11 is 0. The average molecular weight is 140 g/mol. The van der Waals surface area contributed by atoms with Crippen molar-refractivity contribution >= 4 is 0 Å². The van der Waals surface area contributed by atoms with Gasteiger partial charge in [-0.1, -0.05) is 26.0 Å². The van der Waals surface area contributed by atoms with Crippen molar-refractivity contribution in [2.75, 3.05) is 0 Å². The Morgan fingerprint density at radius 3 is 1.50 bits per heavy atom. The number of rotatable bonds is 6. The molecule has 0 aromatic carbocycles. The highest BCUT2D eigenvalue weighted by molar-refractivity contribution is 4.68. The van der Waals surface area contributed by atoms with Crippen LogP contribution < -0.4 is 0 Å². The lowest BCUT2D eigenvalue weighted by molar-refractivity contribution is 0.697. The average Bonchev–Trinajstić information content (AvgIpc) is 1.89. The van der Waals surface area contributed by atoms with Crippen molar-refractivity contribution in [3.63, 3.8) is 0 Å². The van der Waals surface area contributed by atoms with E-state index in [1.165, 1.54) is 19.3 Å². The molecular weight excluding hydrogens is 120 g/mol. The van der Waals surface area contributed by atoms with Crippen LogP contribution in [0.1, 0.15) is 39.5 Å². The minimum absolute atomic E-state index is 0. The van der Waals surface area contributed by atoms with E-state index in [2.05, 4.69) is 13.2 Å². The van der Waals surface area contributed by atoms with Crippen molar-refractivity contribution in [1.29, 1.82) is 0 Å². The lowest BCUT2D eigenvalue weighted by Crippen LogP contribution is -1.72. The summed E-state index contributed by atoms with van der Waals surface area (Å²) in [5.41, 5.74) is 0. The largest absolute Gasteiger partial charge is 0.103 e. The van der Waals surface area contributed by atoms with Crippen LogP contribution in [0.15, 0.2) is 25.3 Å². The predicted molar refractivity (Wildman–Crippen MR) is 50.2 cm³/mol. The summed E-state index contributed by atoms with van der Waals surface area (Å²) in [7, 11) is 0. The van der Waals surface area contributed by atoms with Gasteiger partial charge in [0.25, 0.3) is 0 Å². The summed E-state index contributed by atoms with van der Waals surface area (Å²) in [5.74, 6) is 0. The van der Waals surface area contributed by atoms with Gasteiger partial charge in [-0.25, -0.2) is 0 Å². The van der Waals surface area contributed by atoms with Gasteiger partial charge >= 0.3 is 0 Å². The molecule has 0 bridgehead atoms. The van der Waals surface area contributed by atoms with Gasteiger partial charge in [-0.05, 0) is 25.7 Å². The number of hydrogen-bond donors (Lipinski definition) is 0. The maximum Gasteiger partial charge on any atom is -0.0353 e. The van der Waals surface area contributed by atoms with Gasteiger partial charge in [-0.2, -0.15) is 0 Å². The first-order valence-corrected chi connectivity index (χ1v) is 3.63. The van der Waals surface area contributed by atoms with Gasteiger partial charge in [0, 0.05) is 0 Å². The Bertz CT molecular complexity index is 62.1. The van der Waals surface area contributed by atoms with Crippen LogP contribution in [0.2, 0.25) is 0 Å². The van der Waals surface area contributed by atoms with E-state index < -0.39 is 0 Å². The summed E-state index contributed by atoms with van der Waals surface area (Å²) in [6.07, 6.45) is 10.2. The molecule has 60 valence electrons. The molecule has 0 saturated carbocycles. The van der Waals surface area contributed by atoms with E-state index in [9.17, 15) is 0 Å². The Morgan fingerprint density at radius 2 is 1.20 bits per heavy atom. The first-order chi connectivity index (χ1) is 4.41. The van der Waals surface area contributed by atoms with E-state index >= 15 is 0 Å². The molecule has 10 heavy (non-hydrogen) atoms. The maximum atomic E-state index is 3.66. The summed E-state index contributed by atoms with van der Waals surface area (Å²) in [4.78, 5) is 0. The van der Waals surface area contributed by atoms with Gasteiger partial charge in [0.2, 0.25) is 0 Å². The maximum absolute atomic E-state index is 3.66. The minimum Gasteiger partial charge on any atom is -0.103 e. The first-order valence-electron chi connectivity index (χ1n) is 3.63. The summed E-state index contributed by atoms with van der Waals surface area (Å²) < 4.78 is 0. The van der Waals surface area contributed by atoms with Crippen molar-refractivity contribution in [3.8, 4) is 0 Å². The van der Waals surface area contributed by atoms with Crippen LogP contribution in [-0.2, 0) is 0 Å². The van der Waals surface area contributed by atoms with Crippen LogP contribution in [0.25, 0.3) is 0 Å². The summed E-state index contributed by atoms with van der Waals surface area (Å²) in [6, 6.07) is 0. The Morgan fingerprint density at radius 1 is 0.800 bits per heavy atom. The second-order valence-electron chi connectivity index (χ2n) is 2.22. The van der Waals surface area contributed by atoms with Crippen LogP contribution in [0.4, 0.5) is 0 Å². The Labute approximate surface area is 65.7 Å². The van der Waals surface area contributed by atoms with E-state index in [4.69, 9.17) is 0 Å². The Balaban J connectivity index is 0. The number of unbranched alkanes of at least 4 members (excludes halogenated alkanes) is 4. The van der Waals surface area contributed by atoms with Crippen LogP contribution in [-0.4, -0.2) is 0 Å². The zero-order valence-corrected chi connectivity index (χ0v) is 6.10. The monoisotopic (exact) mass is 140 g/mol. The van der Waals surface area contributed by atoms with Crippen molar-refractivity contribution < 1.29 is 0 Å². The predicted octanol–water partition coefficient (Wildman–Crippen LogP) is 3.95. The molecule has 0 aliphatic heterocycles. The lowest BCUT2D eigenvalue weighted by atomic mass is 10.1. The van der Waals surface area contributed by atoms with E-state index in [1.807, 2.05) is 12.2 Å². The van der Waals surface area contributed by atoms with E-state index in [-0.39, 0.29) is 7.43 Å². The molecule has 0 heteroatoms.